The maximum absolute atomic E-state index is 11.6. The average Bonchev–Trinajstić information content (AvgIpc) is 2.43. The van der Waals surface area contributed by atoms with Crippen molar-refractivity contribution in [2.75, 3.05) is 13.1 Å². The predicted molar refractivity (Wildman–Crippen MR) is 96.9 cm³/mol. The van der Waals surface area contributed by atoms with E-state index in [1.54, 1.807) is 0 Å². The van der Waals surface area contributed by atoms with Gasteiger partial charge in [-0.15, -0.1) is 0 Å². The van der Waals surface area contributed by atoms with E-state index in [0.717, 1.165) is 50.6 Å². The van der Waals surface area contributed by atoms with Crippen LogP contribution in [-0.2, 0) is 9.59 Å². The van der Waals surface area contributed by atoms with Crippen molar-refractivity contribution in [1.29, 1.82) is 0 Å². The smallest absolute Gasteiger partial charge is 0.220 e. The molecule has 0 heterocycles. The second-order valence-electron chi connectivity index (χ2n) is 6.98. The first-order valence-electron chi connectivity index (χ1n) is 8.95. The Hall–Kier alpha value is -1.06. The number of hydrogen-bond donors (Lipinski definition) is 2. The highest BCUT2D eigenvalue weighted by Gasteiger charge is 2.06. The van der Waals surface area contributed by atoms with Crippen LogP contribution in [0.15, 0.2) is 0 Å². The lowest BCUT2D eigenvalue weighted by molar-refractivity contribution is -0.126. The molecule has 22 heavy (non-hydrogen) atoms. The van der Waals surface area contributed by atoms with Gasteiger partial charge in [0.05, 0.1) is 0 Å². The highest BCUT2D eigenvalue weighted by molar-refractivity contribution is 5.83. The Labute approximate surface area is 139 Å². The number of nitrogens with one attached hydrogen (secondary N) is 2. The fourth-order valence-corrected chi connectivity index (χ4v) is 2.21. The molecule has 0 aromatic carbocycles. The summed E-state index contributed by atoms with van der Waals surface area (Å²) < 4.78 is 0. The first-order chi connectivity index (χ1) is 10.4. The molecule has 0 atom stereocenters. The summed E-state index contributed by atoms with van der Waals surface area (Å²) >= 11 is 0. The maximum atomic E-state index is 11.6. The molecule has 0 saturated carbocycles. The SMILES string of the molecule is CC(C)CCCCNC(=O)CCC(=O)NCCCCC(C)C.[HH].[HH]. The van der Waals surface area contributed by atoms with E-state index in [0.29, 0.717) is 12.8 Å². The molecular weight excluding hydrogens is 276 g/mol. The Morgan fingerprint density at radius 1 is 0.727 bits per heavy atom. The van der Waals surface area contributed by atoms with Crippen LogP contribution in [0.4, 0.5) is 0 Å². The zero-order chi connectivity index (χ0) is 16.8. The fraction of sp³-hybridized carbons (Fsp3) is 0.889. The van der Waals surface area contributed by atoms with E-state index in [1.165, 1.54) is 12.8 Å². The Bertz CT molecular complexity index is 281. The molecule has 4 heteroatoms. The van der Waals surface area contributed by atoms with Crippen molar-refractivity contribution in [2.24, 2.45) is 11.8 Å². The minimum atomic E-state index is -0.0143. The molecule has 0 aromatic heterocycles. The van der Waals surface area contributed by atoms with Crippen molar-refractivity contribution in [2.45, 2.75) is 79.1 Å². The summed E-state index contributed by atoms with van der Waals surface area (Å²) in [6.07, 6.45) is 7.33. The molecule has 0 aromatic rings. The molecule has 0 saturated heterocycles. The first kappa shape index (κ1) is 20.9. The molecule has 0 spiro atoms. The van der Waals surface area contributed by atoms with Crippen LogP contribution < -0.4 is 10.6 Å². The number of carbonyl (C=O) groups excluding carboxylic acids is 2. The van der Waals surface area contributed by atoms with Crippen molar-refractivity contribution in [3.63, 3.8) is 0 Å². The van der Waals surface area contributed by atoms with Crippen molar-refractivity contribution >= 4 is 11.8 Å². The third-order valence-corrected chi connectivity index (χ3v) is 3.64. The number of unbranched alkanes of at least 4 members (excludes halogenated alkanes) is 2. The van der Waals surface area contributed by atoms with Crippen molar-refractivity contribution < 1.29 is 12.4 Å². The Kier molecular flexibility index (Phi) is 12.9. The van der Waals surface area contributed by atoms with Gasteiger partial charge >= 0.3 is 0 Å². The number of hydrogen-bond acceptors (Lipinski definition) is 2. The number of amides is 2. The molecule has 0 aliphatic carbocycles. The van der Waals surface area contributed by atoms with Gasteiger partial charge in [0.2, 0.25) is 11.8 Å². The molecule has 0 bridgehead atoms. The van der Waals surface area contributed by atoms with E-state index in [2.05, 4.69) is 38.3 Å². The van der Waals surface area contributed by atoms with Gasteiger partial charge in [0, 0.05) is 28.8 Å². The van der Waals surface area contributed by atoms with Crippen LogP contribution in [0.5, 0.6) is 0 Å². The molecule has 4 nitrogen and oxygen atoms in total. The van der Waals surface area contributed by atoms with E-state index in [1.807, 2.05) is 0 Å². The number of carbonyl (C=O) groups is 2. The van der Waals surface area contributed by atoms with Gasteiger partial charge in [0.25, 0.3) is 0 Å². The molecule has 0 aliphatic heterocycles. The van der Waals surface area contributed by atoms with Gasteiger partial charge in [-0.3, -0.25) is 9.59 Å². The van der Waals surface area contributed by atoms with Gasteiger partial charge in [-0.25, -0.2) is 0 Å². The Balaban J connectivity index is -0.00000220. The van der Waals surface area contributed by atoms with E-state index < -0.39 is 0 Å². The summed E-state index contributed by atoms with van der Waals surface area (Å²) in [5.74, 6) is 1.42. The van der Waals surface area contributed by atoms with Crippen LogP contribution >= 0.6 is 0 Å². The van der Waals surface area contributed by atoms with Gasteiger partial charge < -0.3 is 10.6 Å². The van der Waals surface area contributed by atoms with Gasteiger partial charge in [-0.2, -0.15) is 0 Å². The Morgan fingerprint density at radius 2 is 1.09 bits per heavy atom. The lowest BCUT2D eigenvalue weighted by Gasteiger charge is -2.08. The van der Waals surface area contributed by atoms with Crippen LogP contribution in [-0.4, -0.2) is 24.9 Å². The van der Waals surface area contributed by atoms with E-state index in [4.69, 9.17) is 0 Å². The normalized spacial score (nSPS) is 11.0. The summed E-state index contributed by atoms with van der Waals surface area (Å²) in [5.41, 5.74) is 0. The third-order valence-electron chi connectivity index (χ3n) is 3.64. The van der Waals surface area contributed by atoms with E-state index >= 15 is 0 Å². The monoisotopic (exact) mass is 316 g/mol. The van der Waals surface area contributed by atoms with Crippen LogP contribution in [0.2, 0.25) is 0 Å². The van der Waals surface area contributed by atoms with Crippen LogP contribution in [0, 0.1) is 11.8 Å². The molecular formula is C18H40N2O2. The van der Waals surface area contributed by atoms with Crippen molar-refractivity contribution in [1.82, 2.24) is 10.6 Å². The lowest BCUT2D eigenvalue weighted by atomic mass is 10.1. The average molecular weight is 317 g/mol. The molecule has 134 valence electrons. The third kappa shape index (κ3) is 15.3. The van der Waals surface area contributed by atoms with Crippen LogP contribution in [0.25, 0.3) is 0 Å². The molecule has 0 unspecified atom stereocenters. The van der Waals surface area contributed by atoms with Crippen molar-refractivity contribution in [3.8, 4) is 0 Å². The molecule has 0 fully saturated rings. The summed E-state index contributed by atoms with van der Waals surface area (Å²) in [4.78, 5) is 23.2. The van der Waals surface area contributed by atoms with Gasteiger partial charge in [0.1, 0.15) is 0 Å². The summed E-state index contributed by atoms with van der Waals surface area (Å²) in [6, 6.07) is 0. The molecule has 0 aliphatic rings. The summed E-state index contributed by atoms with van der Waals surface area (Å²) in [5, 5.41) is 5.76. The van der Waals surface area contributed by atoms with Gasteiger partial charge in [-0.05, 0) is 24.7 Å². The summed E-state index contributed by atoms with van der Waals surface area (Å²) in [6.45, 7) is 10.3. The van der Waals surface area contributed by atoms with Crippen LogP contribution in [0.3, 0.4) is 0 Å². The van der Waals surface area contributed by atoms with Gasteiger partial charge in [0.15, 0.2) is 0 Å². The quantitative estimate of drug-likeness (QED) is 0.502. The van der Waals surface area contributed by atoms with Crippen LogP contribution in [0.1, 0.15) is 81.9 Å². The minimum Gasteiger partial charge on any atom is -0.356 e. The first-order valence-corrected chi connectivity index (χ1v) is 8.95. The topological polar surface area (TPSA) is 58.2 Å². The second-order valence-corrected chi connectivity index (χ2v) is 6.98. The van der Waals surface area contributed by atoms with Crippen molar-refractivity contribution in [3.05, 3.63) is 0 Å². The predicted octanol–water partition coefficient (Wildman–Crippen LogP) is 4.14. The molecule has 0 radical (unpaired) electrons. The zero-order valence-electron chi connectivity index (χ0n) is 15.0. The molecule has 2 N–H and O–H groups in total. The molecule has 2 amide bonds. The minimum absolute atomic E-state index is 0. The molecule has 0 rings (SSSR count). The highest BCUT2D eigenvalue weighted by Crippen LogP contribution is 2.06. The largest absolute Gasteiger partial charge is 0.356 e. The zero-order valence-corrected chi connectivity index (χ0v) is 15.0. The summed E-state index contributed by atoms with van der Waals surface area (Å²) in [7, 11) is 0. The van der Waals surface area contributed by atoms with E-state index in [-0.39, 0.29) is 14.7 Å². The fourth-order valence-electron chi connectivity index (χ4n) is 2.21. The standard InChI is InChI=1S/C18H36N2O2.2H2/c1-15(2)9-5-7-13-19-17(21)11-12-18(22)20-14-8-6-10-16(3)4;;/h15-16H,5-14H2,1-4H3,(H,19,21)(H,20,22);2*1H. The number of rotatable bonds is 13. The lowest BCUT2D eigenvalue weighted by Crippen LogP contribution is -2.28. The second kappa shape index (κ2) is 13.6. The maximum Gasteiger partial charge on any atom is 0.220 e. The van der Waals surface area contributed by atoms with E-state index in [9.17, 15) is 9.59 Å². The Morgan fingerprint density at radius 3 is 1.41 bits per heavy atom. The van der Waals surface area contributed by atoms with Gasteiger partial charge in [-0.1, -0.05) is 53.4 Å². The highest BCUT2D eigenvalue weighted by atomic mass is 16.2.